The van der Waals surface area contributed by atoms with Gasteiger partial charge in [-0.25, -0.2) is 4.98 Å². The van der Waals surface area contributed by atoms with E-state index in [0.29, 0.717) is 28.8 Å². The molecule has 12 heteroatoms. The number of halogens is 4. The van der Waals surface area contributed by atoms with Crippen LogP contribution in [0.4, 0.5) is 13.2 Å². The Labute approximate surface area is 190 Å². The predicted molar refractivity (Wildman–Crippen MR) is 115 cm³/mol. The van der Waals surface area contributed by atoms with Crippen LogP contribution in [0.1, 0.15) is 21.7 Å². The Bertz CT molecular complexity index is 1330. The Morgan fingerprint density at radius 1 is 1.24 bits per heavy atom. The number of benzene rings is 2. The van der Waals surface area contributed by atoms with Gasteiger partial charge in [-0.05, 0) is 29.8 Å². The number of aromatic amines is 1. The zero-order valence-electron chi connectivity index (χ0n) is 17.5. The third-order valence-electron chi connectivity index (χ3n) is 4.94. The Kier molecular flexibility index (Phi) is 5.98. The maximum Gasteiger partial charge on any atom is 0.405 e. The van der Waals surface area contributed by atoms with E-state index in [9.17, 15) is 18.0 Å². The largest absolute Gasteiger partial charge is 0.496 e. The van der Waals surface area contributed by atoms with Gasteiger partial charge in [0, 0.05) is 24.4 Å². The second-order valence-electron chi connectivity index (χ2n) is 7.25. The molecule has 0 fully saturated rings. The summed E-state index contributed by atoms with van der Waals surface area (Å²) in [5.74, 6) is 0.283. The van der Waals surface area contributed by atoms with Gasteiger partial charge in [-0.1, -0.05) is 23.7 Å². The van der Waals surface area contributed by atoms with Crippen molar-refractivity contribution in [2.24, 2.45) is 7.05 Å². The van der Waals surface area contributed by atoms with Crippen molar-refractivity contribution >= 4 is 28.4 Å². The number of carbonyl (C=O) groups is 1. The van der Waals surface area contributed by atoms with Crippen LogP contribution in [0.2, 0.25) is 5.15 Å². The SMILES string of the molecule is COc1cc(-c2nc(Cc3ccc4n[nH]c(Cl)c4c3)n(C)n2)ccc1C(=O)NCC(F)(F)F. The van der Waals surface area contributed by atoms with Crippen molar-refractivity contribution < 1.29 is 22.7 Å². The number of aryl methyl sites for hydroxylation is 1. The van der Waals surface area contributed by atoms with Crippen LogP contribution >= 0.6 is 11.6 Å². The van der Waals surface area contributed by atoms with Crippen LogP contribution in [-0.4, -0.2) is 50.7 Å². The normalized spacial score (nSPS) is 11.7. The standard InChI is InChI=1S/C21H18ClF3N6O2/c1-31-17(8-11-3-6-15-14(7-11)18(22)29-28-15)27-19(30-31)12-4-5-13(16(9-12)33-2)20(32)26-10-21(23,24)25/h3-7,9H,8,10H2,1-2H3,(H,26,32)(H,28,29). The van der Waals surface area contributed by atoms with Gasteiger partial charge in [0.2, 0.25) is 0 Å². The highest BCUT2D eigenvalue weighted by atomic mass is 35.5. The van der Waals surface area contributed by atoms with Gasteiger partial charge in [-0.2, -0.15) is 23.4 Å². The van der Waals surface area contributed by atoms with Crippen molar-refractivity contribution in [2.45, 2.75) is 12.6 Å². The molecule has 0 saturated heterocycles. The molecule has 0 aliphatic heterocycles. The number of ether oxygens (including phenoxy) is 1. The van der Waals surface area contributed by atoms with Crippen molar-refractivity contribution in [2.75, 3.05) is 13.7 Å². The monoisotopic (exact) mass is 478 g/mol. The predicted octanol–water partition coefficient (Wildman–Crippen LogP) is 3.90. The number of hydrogen-bond donors (Lipinski definition) is 2. The van der Waals surface area contributed by atoms with Crippen molar-refractivity contribution in [1.29, 1.82) is 0 Å². The van der Waals surface area contributed by atoms with E-state index in [4.69, 9.17) is 16.3 Å². The average Bonchev–Trinajstić information content (AvgIpc) is 3.33. The number of nitrogens with zero attached hydrogens (tertiary/aromatic N) is 4. The molecular weight excluding hydrogens is 461 g/mol. The molecule has 1 amide bonds. The molecule has 8 nitrogen and oxygen atoms in total. The summed E-state index contributed by atoms with van der Waals surface area (Å²) in [7, 11) is 3.08. The highest BCUT2D eigenvalue weighted by Crippen LogP contribution is 2.27. The molecule has 2 aromatic carbocycles. The molecule has 2 heterocycles. The lowest BCUT2D eigenvalue weighted by molar-refractivity contribution is -0.123. The summed E-state index contributed by atoms with van der Waals surface area (Å²) in [6.45, 7) is -1.43. The second-order valence-corrected chi connectivity index (χ2v) is 7.63. The summed E-state index contributed by atoms with van der Waals surface area (Å²) in [5, 5.41) is 14.3. The molecule has 0 spiro atoms. The molecule has 4 rings (SSSR count). The fraction of sp³-hybridized carbons (Fsp3) is 0.238. The van der Waals surface area contributed by atoms with Gasteiger partial charge in [0.05, 0.1) is 18.2 Å². The van der Waals surface area contributed by atoms with Crippen LogP contribution in [0.25, 0.3) is 22.3 Å². The molecule has 4 aromatic rings. The number of fused-ring (bicyclic) bond motifs is 1. The lowest BCUT2D eigenvalue weighted by atomic mass is 10.1. The number of methoxy groups -OCH3 is 1. The summed E-state index contributed by atoms with van der Waals surface area (Å²) >= 11 is 6.12. The number of rotatable bonds is 6. The first-order valence-electron chi connectivity index (χ1n) is 9.70. The van der Waals surface area contributed by atoms with Gasteiger partial charge in [-0.3, -0.25) is 14.6 Å². The van der Waals surface area contributed by atoms with E-state index >= 15 is 0 Å². The van der Waals surface area contributed by atoms with E-state index in [2.05, 4.69) is 20.3 Å². The van der Waals surface area contributed by atoms with Crippen molar-refractivity contribution in [1.82, 2.24) is 30.3 Å². The molecule has 2 N–H and O–H groups in total. The zero-order valence-corrected chi connectivity index (χ0v) is 18.3. The number of H-pyrrole nitrogens is 1. The number of aromatic nitrogens is 5. The minimum atomic E-state index is -4.51. The number of nitrogens with one attached hydrogen (secondary N) is 2. The van der Waals surface area contributed by atoms with Crippen LogP contribution in [0.5, 0.6) is 5.75 Å². The topological polar surface area (TPSA) is 97.7 Å². The third kappa shape index (κ3) is 4.92. The summed E-state index contributed by atoms with van der Waals surface area (Å²) in [6, 6.07) is 10.2. The van der Waals surface area contributed by atoms with Gasteiger partial charge in [0.15, 0.2) is 5.82 Å². The lowest BCUT2D eigenvalue weighted by Crippen LogP contribution is -2.33. The number of amides is 1. The molecule has 172 valence electrons. The van der Waals surface area contributed by atoms with Crippen LogP contribution in [0.3, 0.4) is 0 Å². The number of carbonyl (C=O) groups excluding carboxylic acids is 1. The van der Waals surface area contributed by atoms with Crippen molar-refractivity contribution in [3.8, 4) is 17.1 Å². The average molecular weight is 479 g/mol. The Morgan fingerprint density at radius 2 is 2.03 bits per heavy atom. The molecule has 0 aliphatic rings. The Balaban J connectivity index is 1.57. The molecule has 33 heavy (non-hydrogen) atoms. The number of alkyl halides is 3. The maximum absolute atomic E-state index is 12.4. The minimum Gasteiger partial charge on any atom is -0.496 e. The highest BCUT2D eigenvalue weighted by Gasteiger charge is 2.28. The molecule has 0 saturated carbocycles. The van der Waals surface area contributed by atoms with Crippen LogP contribution in [-0.2, 0) is 13.5 Å². The van der Waals surface area contributed by atoms with E-state index in [1.165, 1.54) is 19.2 Å². The van der Waals surface area contributed by atoms with E-state index in [0.717, 1.165) is 16.5 Å². The first-order valence-corrected chi connectivity index (χ1v) is 10.1. The van der Waals surface area contributed by atoms with Gasteiger partial charge < -0.3 is 10.1 Å². The van der Waals surface area contributed by atoms with Crippen molar-refractivity contribution in [3.63, 3.8) is 0 Å². The van der Waals surface area contributed by atoms with Crippen LogP contribution in [0, 0.1) is 0 Å². The van der Waals surface area contributed by atoms with E-state index in [-0.39, 0.29) is 11.3 Å². The van der Waals surface area contributed by atoms with Crippen molar-refractivity contribution in [3.05, 3.63) is 58.5 Å². The van der Waals surface area contributed by atoms with Crippen LogP contribution in [0.15, 0.2) is 36.4 Å². The van der Waals surface area contributed by atoms with Gasteiger partial charge in [-0.15, -0.1) is 0 Å². The number of hydrogen-bond acceptors (Lipinski definition) is 5. The molecular formula is C21H18ClF3N6O2. The third-order valence-corrected chi connectivity index (χ3v) is 5.23. The Hall–Kier alpha value is -3.60. The molecule has 0 atom stereocenters. The molecule has 2 aromatic heterocycles. The first-order chi connectivity index (χ1) is 15.6. The van der Waals surface area contributed by atoms with Gasteiger partial charge in [0.25, 0.3) is 5.91 Å². The van der Waals surface area contributed by atoms with E-state index < -0.39 is 18.6 Å². The van der Waals surface area contributed by atoms with Crippen LogP contribution < -0.4 is 10.1 Å². The fourth-order valence-corrected chi connectivity index (χ4v) is 3.50. The summed E-state index contributed by atoms with van der Waals surface area (Å²) in [4.78, 5) is 16.7. The first kappa shape index (κ1) is 22.6. The molecule has 0 bridgehead atoms. The molecule has 0 unspecified atom stereocenters. The minimum absolute atomic E-state index is 0.0213. The fourth-order valence-electron chi connectivity index (χ4n) is 3.31. The summed E-state index contributed by atoms with van der Waals surface area (Å²) in [5.41, 5.74) is 2.25. The second kappa shape index (κ2) is 8.74. The van der Waals surface area contributed by atoms with Gasteiger partial charge >= 0.3 is 6.18 Å². The zero-order chi connectivity index (χ0) is 23.8. The summed E-state index contributed by atoms with van der Waals surface area (Å²) < 4.78 is 44.0. The molecule has 0 aliphatic carbocycles. The molecule has 0 radical (unpaired) electrons. The smallest absolute Gasteiger partial charge is 0.405 e. The Morgan fingerprint density at radius 3 is 2.76 bits per heavy atom. The quantitative estimate of drug-likeness (QED) is 0.438. The van der Waals surface area contributed by atoms with E-state index in [1.807, 2.05) is 23.5 Å². The highest BCUT2D eigenvalue weighted by molar-refractivity contribution is 6.34. The van der Waals surface area contributed by atoms with Gasteiger partial charge in [0.1, 0.15) is 23.3 Å². The van der Waals surface area contributed by atoms with E-state index in [1.54, 1.807) is 17.8 Å². The maximum atomic E-state index is 12.4. The summed E-state index contributed by atoms with van der Waals surface area (Å²) in [6.07, 6.45) is -4.03. The lowest BCUT2D eigenvalue weighted by Gasteiger charge is -2.11.